The molecule has 1 aromatic carbocycles. The number of halogens is 1. The molecule has 1 aliphatic rings. The van der Waals surface area contributed by atoms with Gasteiger partial charge in [0.05, 0.1) is 13.0 Å². The molecule has 0 saturated heterocycles. The highest BCUT2D eigenvalue weighted by Crippen LogP contribution is 2.36. The summed E-state index contributed by atoms with van der Waals surface area (Å²) in [7, 11) is 0. The average Bonchev–Trinajstić information content (AvgIpc) is 3.36. The molecule has 0 aliphatic carbocycles. The van der Waals surface area contributed by atoms with Gasteiger partial charge >= 0.3 is 0 Å². The lowest BCUT2D eigenvalue weighted by atomic mass is 10.1. The van der Waals surface area contributed by atoms with Crippen LogP contribution in [0.4, 0.5) is 5.13 Å². The van der Waals surface area contributed by atoms with E-state index in [1.165, 1.54) is 18.3 Å². The van der Waals surface area contributed by atoms with E-state index in [0.717, 1.165) is 10.0 Å². The number of hydrogen-bond donors (Lipinski definition) is 2. The van der Waals surface area contributed by atoms with Crippen molar-refractivity contribution in [3.63, 3.8) is 0 Å². The lowest BCUT2D eigenvalue weighted by molar-refractivity contribution is -0.119. The number of aromatic nitrogens is 1. The van der Waals surface area contributed by atoms with Crippen LogP contribution in [-0.2, 0) is 22.6 Å². The fourth-order valence-corrected chi connectivity index (χ4v) is 4.02. The number of nitrogens with zero attached hydrogens (tertiary/aromatic N) is 1. The van der Waals surface area contributed by atoms with Gasteiger partial charge in [-0.3, -0.25) is 9.59 Å². The summed E-state index contributed by atoms with van der Waals surface area (Å²) in [5.74, 6) is 2.18. The summed E-state index contributed by atoms with van der Waals surface area (Å²) in [6, 6.07) is 7.19. The third-order valence-corrected chi connectivity index (χ3v) is 5.73. The second kappa shape index (κ2) is 8.88. The SMILES string of the molecule is CC(=O)NCc1ccc(-c2csc(NC(=O)Cc3cc4c(cc3Br)OCCO4)n2)o1. The molecule has 8 nitrogen and oxygen atoms in total. The molecular formula is C20H18BrN3O5S. The van der Waals surface area contributed by atoms with Crippen LogP contribution >= 0.6 is 27.3 Å². The van der Waals surface area contributed by atoms with Crippen molar-refractivity contribution in [2.45, 2.75) is 19.9 Å². The molecule has 0 spiro atoms. The number of nitrogens with one attached hydrogen (secondary N) is 2. The van der Waals surface area contributed by atoms with Crippen molar-refractivity contribution in [2.75, 3.05) is 18.5 Å². The van der Waals surface area contributed by atoms with E-state index in [1.54, 1.807) is 17.5 Å². The summed E-state index contributed by atoms with van der Waals surface area (Å²) in [6.07, 6.45) is 0.160. The van der Waals surface area contributed by atoms with E-state index >= 15 is 0 Å². The van der Waals surface area contributed by atoms with Crippen LogP contribution in [0.1, 0.15) is 18.2 Å². The number of rotatable bonds is 6. The summed E-state index contributed by atoms with van der Waals surface area (Å²) < 4.78 is 17.6. The Balaban J connectivity index is 1.39. The van der Waals surface area contributed by atoms with Gasteiger partial charge in [0.25, 0.3) is 0 Å². The minimum absolute atomic E-state index is 0.128. The number of fused-ring (bicyclic) bond motifs is 1. The Morgan fingerprint density at radius 2 is 1.97 bits per heavy atom. The maximum Gasteiger partial charge on any atom is 0.230 e. The molecule has 3 aromatic rings. The Morgan fingerprint density at radius 1 is 1.20 bits per heavy atom. The smallest absolute Gasteiger partial charge is 0.230 e. The highest BCUT2D eigenvalue weighted by atomic mass is 79.9. The first-order valence-corrected chi connectivity index (χ1v) is 10.8. The Bertz CT molecular complexity index is 1090. The van der Waals surface area contributed by atoms with Crippen molar-refractivity contribution in [3.05, 3.63) is 45.4 Å². The first kappa shape index (κ1) is 20.4. The van der Waals surface area contributed by atoms with Crippen LogP contribution in [0.2, 0.25) is 0 Å². The summed E-state index contributed by atoms with van der Waals surface area (Å²) in [4.78, 5) is 27.9. The minimum Gasteiger partial charge on any atom is -0.486 e. The van der Waals surface area contributed by atoms with E-state index in [2.05, 4.69) is 31.5 Å². The Hall–Kier alpha value is -2.85. The summed E-state index contributed by atoms with van der Waals surface area (Å²) in [5.41, 5.74) is 1.41. The number of carbonyl (C=O) groups excluding carboxylic acids is 2. The fraction of sp³-hybridized carbons (Fsp3) is 0.250. The Kier molecular flexibility index (Phi) is 6.05. The molecule has 2 aromatic heterocycles. The van der Waals surface area contributed by atoms with E-state index in [1.807, 2.05) is 12.1 Å². The number of ether oxygens (including phenoxy) is 2. The number of carbonyl (C=O) groups is 2. The van der Waals surface area contributed by atoms with Crippen molar-refractivity contribution in [1.82, 2.24) is 10.3 Å². The van der Waals surface area contributed by atoms with Crippen molar-refractivity contribution >= 4 is 44.2 Å². The highest BCUT2D eigenvalue weighted by molar-refractivity contribution is 9.10. The zero-order valence-electron chi connectivity index (χ0n) is 16.0. The molecule has 0 radical (unpaired) electrons. The van der Waals surface area contributed by atoms with Gasteiger partial charge in [0.1, 0.15) is 24.7 Å². The Morgan fingerprint density at radius 3 is 2.73 bits per heavy atom. The molecule has 0 atom stereocenters. The van der Waals surface area contributed by atoms with Gasteiger partial charge in [0.2, 0.25) is 11.8 Å². The lowest BCUT2D eigenvalue weighted by Gasteiger charge is -2.19. The normalized spacial score (nSPS) is 12.5. The predicted molar refractivity (Wildman–Crippen MR) is 115 cm³/mol. The first-order chi connectivity index (χ1) is 14.5. The average molecular weight is 492 g/mol. The van der Waals surface area contributed by atoms with Crippen LogP contribution in [0.15, 0.2) is 38.5 Å². The van der Waals surface area contributed by atoms with Gasteiger partial charge in [-0.05, 0) is 29.8 Å². The topological polar surface area (TPSA) is 103 Å². The molecule has 0 bridgehead atoms. The van der Waals surface area contributed by atoms with Crippen LogP contribution in [0.25, 0.3) is 11.5 Å². The third-order valence-electron chi connectivity index (χ3n) is 4.24. The molecule has 4 rings (SSSR count). The van der Waals surface area contributed by atoms with Crippen LogP contribution in [0.5, 0.6) is 11.5 Å². The van der Waals surface area contributed by atoms with Crippen LogP contribution in [0.3, 0.4) is 0 Å². The van der Waals surface area contributed by atoms with Crippen molar-refractivity contribution in [1.29, 1.82) is 0 Å². The van der Waals surface area contributed by atoms with Gasteiger partial charge in [0, 0.05) is 16.8 Å². The van der Waals surface area contributed by atoms with Gasteiger partial charge in [-0.25, -0.2) is 4.98 Å². The third kappa shape index (κ3) is 4.82. The number of anilines is 1. The maximum absolute atomic E-state index is 12.5. The number of benzene rings is 1. The van der Waals surface area contributed by atoms with Gasteiger partial charge in [-0.15, -0.1) is 11.3 Å². The number of furan rings is 1. The van der Waals surface area contributed by atoms with Crippen molar-refractivity contribution in [3.8, 4) is 23.0 Å². The van der Waals surface area contributed by atoms with Gasteiger partial charge in [-0.1, -0.05) is 15.9 Å². The molecule has 10 heteroatoms. The quantitative estimate of drug-likeness (QED) is 0.544. The monoisotopic (exact) mass is 491 g/mol. The second-order valence-corrected chi connectivity index (χ2v) is 8.24. The lowest BCUT2D eigenvalue weighted by Crippen LogP contribution is -2.18. The van der Waals surface area contributed by atoms with Crippen LogP contribution in [-0.4, -0.2) is 30.0 Å². The zero-order valence-corrected chi connectivity index (χ0v) is 18.4. The number of amides is 2. The second-order valence-electron chi connectivity index (χ2n) is 6.53. The zero-order chi connectivity index (χ0) is 21.1. The van der Waals surface area contributed by atoms with Gasteiger partial charge < -0.3 is 24.5 Å². The number of thiazole rings is 1. The summed E-state index contributed by atoms with van der Waals surface area (Å²) in [6.45, 7) is 2.76. The maximum atomic E-state index is 12.5. The highest BCUT2D eigenvalue weighted by Gasteiger charge is 2.17. The summed E-state index contributed by atoms with van der Waals surface area (Å²) >= 11 is 4.79. The van der Waals surface area contributed by atoms with E-state index in [-0.39, 0.29) is 18.2 Å². The summed E-state index contributed by atoms with van der Waals surface area (Å²) in [5, 5.41) is 7.77. The standard InChI is InChI=1S/C20H18BrN3O5S/c1-11(25)22-9-13-2-3-16(29-13)15-10-30-20(23-15)24-19(26)7-12-6-17-18(8-14(12)21)28-5-4-27-17/h2-3,6,8,10H,4-5,7,9H2,1H3,(H,22,25)(H,23,24,26). The molecule has 0 saturated carbocycles. The molecule has 1 aliphatic heterocycles. The van der Waals surface area contributed by atoms with E-state index < -0.39 is 0 Å². The van der Waals surface area contributed by atoms with E-state index in [9.17, 15) is 9.59 Å². The van der Waals surface area contributed by atoms with E-state index in [4.69, 9.17) is 13.9 Å². The van der Waals surface area contributed by atoms with Crippen molar-refractivity contribution in [2.24, 2.45) is 0 Å². The number of hydrogen-bond acceptors (Lipinski definition) is 7. The van der Waals surface area contributed by atoms with Gasteiger partial charge in [-0.2, -0.15) is 0 Å². The molecule has 0 fully saturated rings. The van der Waals surface area contributed by atoms with E-state index in [0.29, 0.717) is 53.6 Å². The van der Waals surface area contributed by atoms with Crippen LogP contribution in [0, 0.1) is 0 Å². The fourth-order valence-electron chi connectivity index (χ4n) is 2.84. The molecule has 2 N–H and O–H groups in total. The van der Waals surface area contributed by atoms with Gasteiger partial charge in [0.15, 0.2) is 22.4 Å². The Labute approximate surface area is 184 Å². The molecule has 0 unspecified atom stereocenters. The molecule has 3 heterocycles. The molecular weight excluding hydrogens is 474 g/mol. The molecule has 30 heavy (non-hydrogen) atoms. The first-order valence-electron chi connectivity index (χ1n) is 9.15. The molecule has 156 valence electrons. The van der Waals surface area contributed by atoms with Crippen LogP contribution < -0.4 is 20.1 Å². The van der Waals surface area contributed by atoms with Crippen molar-refractivity contribution < 1.29 is 23.5 Å². The predicted octanol–water partition coefficient (Wildman–Crippen LogP) is 3.75. The molecule has 2 amide bonds. The minimum atomic E-state index is -0.195. The largest absolute Gasteiger partial charge is 0.486 e.